The number of carbonyl (C=O) groups excluding carboxylic acids is 1. The van der Waals surface area contributed by atoms with Gasteiger partial charge in [0.15, 0.2) is 4.34 Å². The van der Waals surface area contributed by atoms with Crippen molar-refractivity contribution in [3.05, 3.63) is 24.3 Å². The summed E-state index contributed by atoms with van der Waals surface area (Å²) in [5, 5.41) is 8.82. The zero-order valence-electron chi connectivity index (χ0n) is 12.3. The molecule has 1 fully saturated rings. The average molecular weight is 352 g/mol. The van der Waals surface area contributed by atoms with Gasteiger partial charge in [-0.2, -0.15) is 0 Å². The molecule has 23 heavy (non-hydrogen) atoms. The van der Waals surface area contributed by atoms with Gasteiger partial charge in [0.05, 0.1) is 35.1 Å². The van der Waals surface area contributed by atoms with Crippen LogP contribution in [-0.2, 0) is 14.3 Å². The number of ether oxygens (including phenoxy) is 1. The number of aliphatic carboxylic acids is 1. The Bertz CT molecular complexity index is 685. The average Bonchev–Trinajstić information content (AvgIpc) is 2.95. The number of thioether (sulfide) groups is 1. The highest BCUT2D eigenvalue weighted by atomic mass is 32.2. The lowest BCUT2D eigenvalue weighted by molar-refractivity contribution is -0.146. The number of amides is 1. The van der Waals surface area contributed by atoms with Gasteiger partial charge in [-0.1, -0.05) is 23.9 Å². The van der Waals surface area contributed by atoms with Crippen molar-refractivity contribution in [2.24, 2.45) is 0 Å². The van der Waals surface area contributed by atoms with E-state index in [1.165, 1.54) is 11.8 Å². The van der Waals surface area contributed by atoms with Gasteiger partial charge in [-0.15, -0.1) is 11.3 Å². The summed E-state index contributed by atoms with van der Waals surface area (Å²) in [5.41, 5.74) is 0.945. The van der Waals surface area contributed by atoms with Crippen LogP contribution >= 0.6 is 23.1 Å². The summed E-state index contributed by atoms with van der Waals surface area (Å²) in [6.07, 6.45) is -0.493. The lowest BCUT2D eigenvalue weighted by Gasteiger charge is -2.32. The standard InChI is InChI=1S/C15H16N2O4S2/c18-13(17-5-6-21-10(8-17)7-14(19)20)9-22-15-16-11-3-1-2-4-12(11)23-15/h1-4,10H,5-9H2,(H,19,20). The van der Waals surface area contributed by atoms with Gasteiger partial charge in [-0.25, -0.2) is 4.98 Å². The maximum atomic E-state index is 12.3. The zero-order valence-corrected chi connectivity index (χ0v) is 13.9. The molecule has 1 N–H and O–H groups in total. The molecule has 1 aromatic carbocycles. The minimum absolute atomic E-state index is 0.00653. The minimum atomic E-state index is -0.909. The van der Waals surface area contributed by atoms with E-state index in [9.17, 15) is 9.59 Å². The van der Waals surface area contributed by atoms with E-state index in [1.807, 2.05) is 24.3 Å². The summed E-state index contributed by atoms with van der Waals surface area (Å²) in [7, 11) is 0. The molecule has 1 atom stereocenters. The molecule has 1 amide bonds. The van der Waals surface area contributed by atoms with E-state index in [2.05, 4.69) is 4.98 Å². The number of hydrogen-bond acceptors (Lipinski definition) is 6. The number of carboxylic acids is 1. The van der Waals surface area contributed by atoms with Crippen LogP contribution in [0.5, 0.6) is 0 Å². The fourth-order valence-corrected chi connectivity index (χ4v) is 4.36. The van der Waals surface area contributed by atoms with Crippen molar-refractivity contribution < 1.29 is 19.4 Å². The van der Waals surface area contributed by atoms with Crippen molar-refractivity contribution in [2.75, 3.05) is 25.4 Å². The Morgan fingerprint density at radius 2 is 2.26 bits per heavy atom. The first kappa shape index (κ1) is 16.2. The summed E-state index contributed by atoms with van der Waals surface area (Å²) >= 11 is 3.00. The summed E-state index contributed by atoms with van der Waals surface area (Å²) in [5.74, 6) is -0.610. The van der Waals surface area contributed by atoms with Gasteiger partial charge in [-0.05, 0) is 12.1 Å². The topological polar surface area (TPSA) is 79.7 Å². The molecule has 0 spiro atoms. The van der Waals surface area contributed by atoms with Gasteiger partial charge in [0.1, 0.15) is 0 Å². The molecule has 2 heterocycles. The Morgan fingerprint density at radius 1 is 1.43 bits per heavy atom. The maximum Gasteiger partial charge on any atom is 0.306 e. The molecule has 1 aromatic heterocycles. The van der Waals surface area contributed by atoms with E-state index in [0.717, 1.165) is 14.6 Å². The third-order valence-corrected chi connectivity index (χ3v) is 5.65. The largest absolute Gasteiger partial charge is 0.481 e. The molecule has 3 rings (SSSR count). The summed E-state index contributed by atoms with van der Waals surface area (Å²) in [4.78, 5) is 29.2. The van der Waals surface area contributed by atoms with Crippen molar-refractivity contribution in [3.63, 3.8) is 0 Å². The number of carbonyl (C=O) groups is 2. The summed E-state index contributed by atoms with van der Waals surface area (Å²) < 4.78 is 7.36. The number of carboxylic acid groups (broad SMARTS) is 1. The SMILES string of the molecule is O=C(O)CC1CN(C(=O)CSc2nc3ccccc3s2)CCO1. The molecule has 0 aliphatic carbocycles. The highest BCUT2D eigenvalue weighted by Gasteiger charge is 2.26. The van der Waals surface area contributed by atoms with Crippen LogP contribution in [0.4, 0.5) is 0 Å². The van der Waals surface area contributed by atoms with E-state index in [4.69, 9.17) is 9.84 Å². The number of morpholine rings is 1. The Balaban J connectivity index is 1.55. The summed E-state index contributed by atoms with van der Waals surface area (Å²) in [6.45, 7) is 1.23. The number of hydrogen-bond donors (Lipinski definition) is 1. The smallest absolute Gasteiger partial charge is 0.306 e. The monoisotopic (exact) mass is 352 g/mol. The van der Waals surface area contributed by atoms with Crippen LogP contribution in [0.2, 0.25) is 0 Å². The normalized spacial score (nSPS) is 18.3. The fourth-order valence-electron chi connectivity index (χ4n) is 2.39. The predicted molar refractivity (Wildman–Crippen MR) is 88.9 cm³/mol. The van der Waals surface area contributed by atoms with Crippen LogP contribution in [0.15, 0.2) is 28.6 Å². The van der Waals surface area contributed by atoms with Crippen molar-refractivity contribution in [1.82, 2.24) is 9.88 Å². The molecule has 1 unspecified atom stereocenters. The third kappa shape index (κ3) is 4.21. The first-order valence-corrected chi connectivity index (χ1v) is 9.01. The molecule has 122 valence electrons. The van der Waals surface area contributed by atoms with E-state index in [1.54, 1.807) is 16.2 Å². The first-order chi connectivity index (χ1) is 11.1. The third-order valence-electron chi connectivity index (χ3n) is 3.49. The lowest BCUT2D eigenvalue weighted by atomic mass is 10.2. The summed E-state index contributed by atoms with van der Waals surface area (Å²) in [6, 6.07) is 7.88. The highest BCUT2D eigenvalue weighted by Crippen LogP contribution is 2.29. The fraction of sp³-hybridized carbons (Fsp3) is 0.400. The van der Waals surface area contributed by atoms with Crippen LogP contribution in [0.3, 0.4) is 0 Å². The van der Waals surface area contributed by atoms with Gasteiger partial charge in [0, 0.05) is 13.1 Å². The maximum absolute atomic E-state index is 12.3. The van der Waals surface area contributed by atoms with Crippen molar-refractivity contribution in [3.8, 4) is 0 Å². The highest BCUT2D eigenvalue weighted by molar-refractivity contribution is 8.01. The van der Waals surface area contributed by atoms with Gasteiger partial charge < -0.3 is 14.7 Å². The molecule has 1 aliphatic heterocycles. The zero-order chi connectivity index (χ0) is 16.2. The second kappa shape index (κ2) is 7.29. The lowest BCUT2D eigenvalue weighted by Crippen LogP contribution is -2.46. The van der Waals surface area contributed by atoms with E-state index < -0.39 is 12.1 Å². The van der Waals surface area contributed by atoms with Crippen molar-refractivity contribution >= 4 is 45.2 Å². The number of para-hydroxylation sites is 1. The Hall–Kier alpha value is -1.64. The molecule has 0 radical (unpaired) electrons. The van der Waals surface area contributed by atoms with E-state index in [0.29, 0.717) is 25.4 Å². The molecule has 6 nitrogen and oxygen atoms in total. The number of thiazole rings is 1. The molecule has 1 saturated heterocycles. The van der Waals surface area contributed by atoms with E-state index >= 15 is 0 Å². The molecular weight excluding hydrogens is 336 g/mol. The molecule has 1 aliphatic rings. The Morgan fingerprint density at radius 3 is 3.04 bits per heavy atom. The first-order valence-electron chi connectivity index (χ1n) is 7.21. The van der Waals surface area contributed by atoms with Gasteiger partial charge in [0.2, 0.25) is 5.91 Å². The van der Waals surface area contributed by atoms with Crippen LogP contribution in [0.1, 0.15) is 6.42 Å². The van der Waals surface area contributed by atoms with E-state index in [-0.39, 0.29) is 12.3 Å². The van der Waals surface area contributed by atoms with Crippen molar-refractivity contribution in [2.45, 2.75) is 16.9 Å². The number of benzene rings is 1. The van der Waals surface area contributed by atoms with Crippen LogP contribution in [0.25, 0.3) is 10.2 Å². The number of nitrogens with zero attached hydrogens (tertiary/aromatic N) is 2. The van der Waals surface area contributed by atoms with Crippen LogP contribution in [-0.4, -0.2) is 58.4 Å². The molecule has 2 aromatic rings. The van der Waals surface area contributed by atoms with Crippen LogP contribution in [0, 0.1) is 0 Å². The van der Waals surface area contributed by atoms with Gasteiger partial charge >= 0.3 is 5.97 Å². The minimum Gasteiger partial charge on any atom is -0.481 e. The number of rotatable bonds is 5. The van der Waals surface area contributed by atoms with Gasteiger partial charge in [-0.3, -0.25) is 9.59 Å². The van der Waals surface area contributed by atoms with Gasteiger partial charge in [0.25, 0.3) is 0 Å². The second-order valence-corrected chi connectivity index (χ2v) is 7.42. The quantitative estimate of drug-likeness (QED) is 0.830. The molecule has 8 heteroatoms. The second-order valence-electron chi connectivity index (χ2n) is 5.17. The molecule has 0 bridgehead atoms. The number of aromatic nitrogens is 1. The number of fused-ring (bicyclic) bond motifs is 1. The Labute approximate surface area is 141 Å². The van der Waals surface area contributed by atoms with Crippen LogP contribution < -0.4 is 0 Å². The molecule has 0 saturated carbocycles. The van der Waals surface area contributed by atoms with Crippen molar-refractivity contribution in [1.29, 1.82) is 0 Å². The predicted octanol–water partition coefficient (Wildman–Crippen LogP) is 2.09. The molecular formula is C15H16N2O4S2. The Kier molecular flexibility index (Phi) is 5.14.